The number of aromatic hydroxyl groups is 1. The molecule has 2 rings (SSSR count). The molecule has 0 aliphatic rings. The van der Waals surface area contributed by atoms with E-state index in [9.17, 15) is 9.90 Å². The Morgan fingerprint density at radius 1 is 1.43 bits per heavy atom. The molecule has 0 aliphatic heterocycles. The van der Waals surface area contributed by atoms with Gasteiger partial charge in [-0.3, -0.25) is 4.79 Å². The topological polar surface area (TPSA) is 70.9 Å². The number of nitrogens with zero attached hydrogens (tertiary/aromatic N) is 1. The number of phenolic OH excluding ortho intramolecular Hbond substituents is 1. The molecule has 0 aromatic heterocycles. The van der Waals surface area contributed by atoms with Gasteiger partial charge in [0.25, 0.3) is 5.91 Å². The lowest BCUT2D eigenvalue weighted by Crippen LogP contribution is -2.17. The van der Waals surface area contributed by atoms with Crippen molar-refractivity contribution >= 4 is 39.7 Å². The summed E-state index contributed by atoms with van der Waals surface area (Å²) in [5.74, 6) is -0.193. The Morgan fingerprint density at radius 3 is 2.91 bits per heavy atom. The van der Waals surface area contributed by atoms with Crippen molar-refractivity contribution in [2.24, 2.45) is 5.10 Å². The fourth-order valence-electron chi connectivity index (χ4n) is 1.79. The second-order valence-electron chi connectivity index (χ2n) is 4.49. The molecule has 23 heavy (non-hydrogen) atoms. The van der Waals surface area contributed by atoms with Crippen molar-refractivity contribution in [2.75, 3.05) is 6.61 Å². The highest BCUT2D eigenvalue weighted by atomic mass is 79.9. The Bertz CT molecular complexity index is 750. The number of halogens is 2. The van der Waals surface area contributed by atoms with E-state index in [0.29, 0.717) is 17.7 Å². The maximum absolute atomic E-state index is 11.9. The van der Waals surface area contributed by atoms with Gasteiger partial charge in [-0.15, -0.1) is 0 Å². The summed E-state index contributed by atoms with van der Waals surface area (Å²) in [6, 6.07) is 10.1. The predicted octanol–water partition coefficient (Wildman–Crippen LogP) is 3.97. The third-order valence-electron chi connectivity index (χ3n) is 2.82. The van der Waals surface area contributed by atoms with Crippen LogP contribution in [-0.2, 0) is 0 Å². The molecule has 2 aromatic rings. The Kier molecular flexibility index (Phi) is 6.01. The summed E-state index contributed by atoms with van der Waals surface area (Å²) in [5, 5.41) is 13.8. The second-order valence-corrected chi connectivity index (χ2v) is 5.81. The van der Waals surface area contributed by atoms with Crippen molar-refractivity contribution in [3.8, 4) is 11.5 Å². The molecule has 1 amide bonds. The largest absolute Gasteiger partial charge is 0.503 e. The highest BCUT2D eigenvalue weighted by molar-refractivity contribution is 9.10. The molecule has 0 heterocycles. The SMILES string of the molecule is CCOc1cc(/C=N/NC(=O)c2cccc(Br)c2)cc(Cl)c1O. The number of hydrogen-bond donors (Lipinski definition) is 2. The van der Waals surface area contributed by atoms with Crippen molar-refractivity contribution < 1.29 is 14.6 Å². The summed E-state index contributed by atoms with van der Waals surface area (Å²) < 4.78 is 6.09. The van der Waals surface area contributed by atoms with Crippen LogP contribution in [0.5, 0.6) is 11.5 Å². The molecule has 120 valence electrons. The first-order valence-corrected chi connectivity index (χ1v) is 7.92. The van der Waals surface area contributed by atoms with Crippen LogP contribution >= 0.6 is 27.5 Å². The lowest BCUT2D eigenvalue weighted by atomic mass is 10.2. The van der Waals surface area contributed by atoms with Gasteiger partial charge < -0.3 is 9.84 Å². The molecular weight excluding hydrogens is 384 g/mol. The van der Waals surface area contributed by atoms with Gasteiger partial charge >= 0.3 is 0 Å². The minimum atomic E-state index is -0.336. The number of carbonyl (C=O) groups excluding carboxylic acids is 1. The smallest absolute Gasteiger partial charge is 0.271 e. The third-order valence-corrected chi connectivity index (χ3v) is 3.60. The Morgan fingerprint density at radius 2 is 2.22 bits per heavy atom. The minimum absolute atomic E-state index is 0.121. The van der Waals surface area contributed by atoms with E-state index in [2.05, 4.69) is 26.5 Å². The maximum atomic E-state index is 11.9. The van der Waals surface area contributed by atoms with Crippen molar-refractivity contribution in [3.05, 3.63) is 57.0 Å². The average molecular weight is 398 g/mol. The third kappa shape index (κ3) is 4.71. The van der Waals surface area contributed by atoms with Gasteiger partial charge in [-0.05, 0) is 42.8 Å². The van der Waals surface area contributed by atoms with E-state index in [1.165, 1.54) is 12.3 Å². The summed E-state index contributed by atoms with van der Waals surface area (Å²) in [4.78, 5) is 11.9. The Labute approximate surface area is 147 Å². The molecule has 7 heteroatoms. The van der Waals surface area contributed by atoms with Crippen LogP contribution in [0.15, 0.2) is 46.0 Å². The molecule has 0 atom stereocenters. The highest BCUT2D eigenvalue weighted by Gasteiger charge is 2.09. The first-order valence-electron chi connectivity index (χ1n) is 6.75. The molecule has 0 radical (unpaired) electrons. The zero-order valence-electron chi connectivity index (χ0n) is 12.2. The molecule has 0 bridgehead atoms. The zero-order valence-corrected chi connectivity index (χ0v) is 14.6. The number of ether oxygens (including phenoxy) is 1. The molecule has 0 saturated heterocycles. The summed E-state index contributed by atoms with van der Waals surface area (Å²) in [6.07, 6.45) is 1.42. The Hall–Kier alpha value is -2.05. The zero-order chi connectivity index (χ0) is 16.8. The van der Waals surface area contributed by atoms with Gasteiger partial charge in [-0.25, -0.2) is 5.43 Å². The number of carbonyl (C=O) groups is 1. The number of hydrogen-bond acceptors (Lipinski definition) is 4. The van der Waals surface area contributed by atoms with Gasteiger partial charge in [0, 0.05) is 10.0 Å². The molecular formula is C16H14BrClN2O3. The molecule has 2 N–H and O–H groups in total. The van der Waals surface area contributed by atoms with E-state index >= 15 is 0 Å². The van der Waals surface area contributed by atoms with E-state index in [1.54, 1.807) is 31.2 Å². The number of hydrazone groups is 1. The van der Waals surface area contributed by atoms with Crippen molar-refractivity contribution in [2.45, 2.75) is 6.92 Å². The van der Waals surface area contributed by atoms with E-state index in [0.717, 1.165) is 4.47 Å². The van der Waals surface area contributed by atoms with Crippen LogP contribution in [0.2, 0.25) is 5.02 Å². The quantitative estimate of drug-likeness (QED) is 0.592. The van der Waals surface area contributed by atoms with E-state index in [-0.39, 0.29) is 22.4 Å². The lowest BCUT2D eigenvalue weighted by molar-refractivity contribution is 0.0955. The summed E-state index contributed by atoms with van der Waals surface area (Å²) in [5.41, 5.74) is 3.49. The molecule has 0 aliphatic carbocycles. The van der Waals surface area contributed by atoms with Crippen molar-refractivity contribution in [1.82, 2.24) is 5.43 Å². The van der Waals surface area contributed by atoms with Crippen LogP contribution < -0.4 is 10.2 Å². The number of amides is 1. The number of benzene rings is 2. The normalized spacial score (nSPS) is 10.7. The molecule has 2 aromatic carbocycles. The fourth-order valence-corrected chi connectivity index (χ4v) is 2.41. The van der Waals surface area contributed by atoms with Crippen LogP contribution in [-0.4, -0.2) is 23.8 Å². The first kappa shape index (κ1) is 17.3. The van der Waals surface area contributed by atoms with E-state index < -0.39 is 0 Å². The van der Waals surface area contributed by atoms with Gasteiger partial charge in [-0.1, -0.05) is 33.6 Å². The van der Waals surface area contributed by atoms with E-state index in [4.69, 9.17) is 16.3 Å². The predicted molar refractivity (Wildman–Crippen MR) is 93.5 cm³/mol. The Balaban J connectivity index is 2.10. The molecule has 0 unspecified atom stereocenters. The second kappa shape index (κ2) is 7.99. The summed E-state index contributed by atoms with van der Waals surface area (Å²) >= 11 is 9.23. The molecule has 0 fully saturated rings. The first-order chi connectivity index (χ1) is 11.0. The average Bonchev–Trinajstić information content (AvgIpc) is 2.52. The van der Waals surface area contributed by atoms with Gasteiger partial charge in [0.2, 0.25) is 0 Å². The van der Waals surface area contributed by atoms with E-state index in [1.807, 2.05) is 6.07 Å². The van der Waals surface area contributed by atoms with Crippen molar-refractivity contribution in [3.63, 3.8) is 0 Å². The van der Waals surface area contributed by atoms with Crippen LogP contribution in [0.25, 0.3) is 0 Å². The summed E-state index contributed by atoms with van der Waals surface area (Å²) in [7, 11) is 0. The van der Waals surface area contributed by atoms with Crippen LogP contribution in [0.3, 0.4) is 0 Å². The van der Waals surface area contributed by atoms with Crippen LogP contribution in [0.1, 0.15) is 22.8 Å². The van der Waals surface area contributed by atoms with Crippen LogP contribution in [0.4, 0.5) is 0 Å². The highest BCUT2D eigenvalue weighted by Crippen LogP contribution is 2.34. The summed E-state index contributed by atoms with van der Waals surface area (Å²) in [6.45, 7) is 2.19. The number of rotatable bonds is 5. The lowest BCUT2D eigenvalue weighted by Gasteiger charge is -2.08. The van der Waals surface area contributed by atoms with Crippen molar-refractivity contribution in [1.29, 1.82) is 0 Å². The molecule has 5 nitrogen and oxygen atoms in total. The minimum Gasteiger partial charge on any atom is -0.503 e. The fraction of sp³-hybridized carbons (Fsp3) is 0.125. The maximum Gasteiger partial charge on any atom is 0.271 e. The van der Waals surface area contributed by atoms with Crippen LogP contribution in [0, 0.1) is 0 Å². The standard InChI is InChI=1S/C16H14BrClN2O3/c1-2-23-14-7-10(6-13(18)15(14)21)9-19-20-16(22)11-4-3-5-12(17)8-11/h3-9,21H,2H2,1H3,(H,20,22)/b19-9+. The monoisotopic (exact) mass is 396 g/mol. The molecule has 0 saturated carbocycles. The van der Waals surface area contributed by atoms with Gasteiger partial charge in [0.15, 0.2) is 11.5 Å². The number of phenols is 1. The molecule has 0 spiro atoms. The van der Waals surface area contributed by atoms with Gasteiger partial charge in [-0.2, -0.15) is 5.10 Å². The number of nitrogens with one attached hydrogen (secondary N) is 1. The van der Waals surface area contributed by atoms with Gasteiger partial charge in [0.1, 0.15) is 0 Å². The van der Waals surface area contributed by atoms with Gasteiger partial charge in [0.05, 0.1) is 17.8 Å².